The van der Waals surface area contributed by atoms with Crippen molar-refractivity contribution in [2.24, 2.45) is 0 Å². The lowest BCUT2D eigenvalue weighted by atomic mass is 9.95. The van der Waals surface area contributed by atoms with E-state index >= 15 is 0 Å². The van der Waals surface area contributed by atoms with E-state index in [2.05, 4.69) is 10.6 Å². The highest BCUT2D eigenvalue weighted by molar-refractivity contribution is 7.80. The molecule has 2 N–H and O–H groups in total. The quantitative estimate of drug-likeness (QED) is 0.176. The molecule has 2 aromatic rings. The number of rotatable bonds is 8. The highest BCUT2D eigenvalue weighted by atomic mass is 35.5. The molecule has 0 radical (unpaired) electrons. The van der Waals surface area contributed by atoms with Gasteiger partial charge in [0.15, 0.2) is 5.11 Å². The van der Waals surface area contributed by atoms with E-state index in [9.17, 15) is 19.7 Å². The zero-order valence-corrected chi connectivity index (χ0v) is 20.7. The molecule has 184 valence electrons. The Morgan fingerprint density at radius 1 is 1.26 bits per heavy atom. The van der Waals surface area contributed by atoms with E-state index < -0.39 is 22.8 Å². The largest absolute Gasteiger partial charge is 0.460 e. The zero-order chi connectivity index (χ0) is 25.7. The average Bonchev–Trinajstić information content (AvgIpc) is 2.82. The van der Waals surface area contributed by atoms with Gasteiger partial charge in [0.2, 0.25) is 0 Å². The summed E-state index contributed by atoms with van der Waals surface area (Å²) < 4.78 is 10.3. The molecule has 1 heterocycles. The highest BCUT2D eigenvalue weighted by Crippen LogP contribution is 2.32. The first-order valence-corrected chi connectivity index (χ1v) is 11.2. The maximum absolute atomic E-state index is 12.9. The van der Waals surface area contributed by atoms with Gasteiger partial charge >= 0.3 is 5.97 Å². The number of nitrogens with zero attached hydrogens (tertiary/aromatic N) is 2. The fraction of sp³-hybridized carbons (Fsp3) is 0.261. The van der Waals surface area contributed by atoms with Crippen LogP contribution in [0.1, 0.15) is 28.9 Å². The number of nitro benzene ring substituents is 1. The van der Waals surface area contributed by atoms with Gasteiger partial charge < -0.3 is 25.0 Å². The molecule has 2 aromatic carbocycles. The number of benzene rings is 2. The van der Waals surface area contributed by atoms with Crippen LogP contribution in [0.5, 0.6) is 0 Å². The zero-order valence-electron chi connectivity index (χ0n) is 19.2. The van der Waals surface area contributed by atoms with Crippen molar-refractivity contribution < 1.29 is 24.0 Å². The van der Waals surface area contributed by atoms with Crippen molar-refractivity contribution in [1.82, 2.24) is 10.2 Å². The van der Waals surface area contributed by atoms with Crippen molar-refractivity contribution in [2.75, 3.05) is 32.7 Å². The van der Waals surface area contributed by atoms with Gasteiger partial charge in [-0.15, -0.1) is 0 Å². The van der Waals surface area contributed by atoms with Crippen molar-refractivity contribution in [3.05, 3.63) is 80.0 Å². The second kappa shape index (κ2) is 11.3. The van der Waals surface area contributed by atoms with Crippen LogP contribution in [0.25, 0.3) is 0 Å². The molecule has 0 spiro atoms. The lowest BCUT2D eigenvalue weighted by Gasteiger charge is -2.35. The van der Waals surface area contributed by atoms with Crippen LogP contribution in [0, 0.1) is 10.1 Å². The standard InChI is InChI=1S/C23H23ClN4O6S/c1-13-19(22(30)34-10-9-33-3)20(26-23(35)27(13)2)14-5-4-6-16(11-14)25-21(29)15-7-8-17(24)18(12-15)28(31)32/h4-8,11-12,20H,9-10H2,1-3H3,(H,25,29)(H,26,35). The number of carbonyl (C=O) groups excluding carboxylic acids is 2. The molecule has 10 nitrogen and oxygen atoms in total. The summed E-state index contributed by atoms with van der Waals surface area (Å²) in [7, 11) is 3.25. The van der Waals surface area contributed by atoms with E-state index in [-0.39, 0.29) is 29.5 Å². The molecule has 1 aliphatic heterocycles. The summed E-state index contributed by atoms with van der Waals surface area (Å²) in [5, 5.41) is 17.3. The summed E-state index contributed by atoms with van der Waals surface area (Å²) in [6, 6.07) is 10.0. The van der Waals surface area contributed by atoms with Gasteiger partial charge in [-0.1, -0.05) is 23.7 Å². The summed E-state index contributed by atoms with van der Waals surface area (Å²) in [6.45, 7) is 2.12. The number of anilines is 1. The van der Waals surface area contributed by atoms with Gasteiger partial charge in [-0.05, 0) is 49.0 Å². The molecule has 1 atom stereocenters. The van der Waals surface area contributed by atoms with Crippen LogP contribution >= 0.6 is 23.8 Å². The van der Waals surface area contributed by atoms with Gasteiger partial charge in [0, 0.05) is 37.2 Å². The molecule has 1 unspecified atom stereocenters. The third kappa shape index (κ3) is 5.94. The van der Waals surface area contributed by atoms with Crippen LogP contribution in [-0.4, -0.2) is 54.2 Å². The second-order valence-corrected chi connectivity index (χ2v) is 8.37. The Morgan fingerprint density at radius 2 is 2.00 bits per heavy atom. The molecule has 0 aliphatic carbocycles. The molecule has 1 amide bonds. The first kappa shape index (κ1) is 26.1. The maximum Gasteiger partial charge on any atom is 0.338 e. The first-order chi connectivity index (χ1) is 16.6. The molecule has 12 heteroatoms. The van der Waals surface area contributed by atoms with Gasteiger partial charge in [0.05, 0.1) is 23.1 Å². The lowest BCUT2D eigenvalue weighted by Crippen LogP contribution is -2.46. The monoisotopic (exact) mass is 518 g/mol. The van der Waals surface area contributed by atoms with E-state index in [1.807, 2.05) is 0 Å². The summed E-state index contributed by atoms with van der Waals surface area (Å²) >= 11 is 11.2. The topological polar surface area (TPSA) is 123 Å². The number of amides is 1. The molecule has 0 saturated heterocycles. The molecular weight excluding hydrogens is 496 g/mol. The summed E-state index contributed by atoms with van der Waals surface area (Å²) in [4.78, 5) is 37.8. The van der Waals surface area contributed by atoms with Gasteiger partial charge in [0.25, 0.3) is 11.6 Å². The van der Waals surface area contributed by atoms with E-state index in [4.69, 9.17) is 33.3 Å². The number of esters is 1. The van der Waals surface area contributed by atoms with E-state index in [0.29, 0.717) is 27.6 Å². The minimum absolute atomic E-state index is 0.0649. The minimum atomic E-state index is -0.656. The number of ether oxygens (including phenoxy) is 2. The molecule has 1 aliphatic rings. The predicted octanol–water partition coefficient (Wildman–Crippen LogP) is 3.83. The first-order valence-electron chi connectivity index (χ1n) is 10.4. The normalized spacial score (nSPS) is 15.5. The summed E-state index contributed by atoms with van der Waals surface area (Å²) in [6.07, 6.45) is 0. The van der Waals surface area contributed by atoms with Gasteiger partial charge in [0.1, 0.15) is 11.6 Å². The molecule has 0 bridgehead atoms. The fourth-order valence-corrected chi connectivity index (χ4v) is 3.88. The number of thiocarbonyl (C=S) groups is 1. The van der Waals surface area contributed by atoms with Crippen molar-refractivity contribution in [2.45, 2.75) is 13.0 Å². The van der Waals surface area contributed by atoms with Crippen molar-refractivity contribution in [1.29, 1.82) is 0 Å². The Bertz CT molecular complexity index is 1220. The van der Waals surface area contributed by atoms with Gasteiger partial charge in [-0.2, -0.15) is 0 Å². The Morgan fingerprint density at radius 3 is 2.69 bits per heavy atom. The molecule has 3 rings (SSSR count). The molecule has 0 aromatic heterocycles. The van der Waals surface area contributed by atoms with Gasteiger partial charge in [-0.3, -0.25) is 14.9 Å². The number of nitro groups is 1. The minimum Gasteiger partial charge on any atom is -0.460 e. The van der Waals surface area contributed by atoms with E-state index in [1.165, 1.54) is 19.2 Å². The lowest BCUT2D eigenvalue weighted by molar-refractivity contribution is -0.384. The smallest absolute Gasteiger partial charge is 0.338 e. The number of halogens is 1. The number of hydrogen-bond acceptors (Lipinski definition) is 7. The number of hydrogen-bond donors (Lipinski definition) is 2. The van der Waals surface area contributed by atoms with Crippen LogP contribution in [-0.2, 0) is 14.3 Å². The van der Waals surface area contributed by atoms with E-state index in [0.717, 1.165) is 6.07 Å². The third-order valence-corrected chi connectivity index (χ3v) is 6.09. The Labute approximate surface area is 212 Å². The Hall–Kier alpha value is -3.54. The molecule has 0 saturated carbocycles. The maximum atomic E-state index is 12.9. The van der Waals surface area contributed by atoms with Crippen molar-refractivity contribution in [3.63, 3.8) is 0 Å². The number of methoxy groups -OCH3 is 1. The van der Waals surface area contributed by atoms with Crippen LogP contribution in [0.2, 0.25) is 5.02 Å². The molecule has 0 fully saturated rings. The summed E-state index contributed by atoms with van der Waals surface area (Å²) in [5.41, 5.74) is 1.77. The average molecular weight is 519 g/mol. The van der Waals surface area contributed by atoms with Crippen LogP contribution in [0.3, 0.4) is 0 Å². The third-order valence-electron chi connectivity index (χ3n) is 5.38. The highest BCUT2D eigenvalue weighted by Gasteiger charge is 2.33. The molecular formula is C23H23ClN4O6S. The van der Waals surface area contributed by atoms with Crippen molar-refractivity contribution in [3.8, 4) is 0 Å². The Kier molecular flexibility index (Phi) is 8.39. The number of nitrogens with one attached hydrogen (secondary N) is 2. The van der Waals surface area contributed by atoms with Crippen molar-refractivity contribution >= 4 is 52.2 Å². The van der Waals surface area contributed by atoms with Gasteiger partial charge in [-0.25, -0.2) is 4.79 Å². The second-order valence-electron chi connectivity index (χ2n) is 7.57. The number of allylic oxidation sites excluding steroid dienone is 1. The number of carbonyl (C=O) groups is 2. The summed E-state index contributed by atoms with van der Waals surface area (Å²) in [5.74, 6) is -1.07. The van der Waals surface area contributed by atoms with Crippen LogP contribution in [0.4, 0.5) is 11.4 Å². The predicted molar refractivity (Wildman–Crippen MR) is 134 cm³/mol. The van der Waals surface area contributed by atoms with Crippen LogP contribution < -0.4 is 10.6 Å². The Balaban J connectivity index is 1.89. The SMILES string of the molecule is COCCOC(=O)C1=C(C)N(C)C(=S)NC1c1cccc(NC(=O)c2ccc(Cl)c([N+](=O)[O-])c2)c1. The van der Waals surface area contributed by atoms with E-state index in [1.54, 1.807) is 43.1 Å². The molecule has 35 heavy (non-hydrogen) atoms. The fourth-order valence-electron chi connectivity index (χ4n) is 3.44. The van der Waals surface area contributed by atoms with Crippen LogP contribution in [0.15, 0.2) is 53.7 Å².